The Morgan fingerprint density at radius 2 is 1.47 bits per heavy atom. The Morgan fingerprint density at radius 1 is 0.787 bits per heavy atom. The molecule has 1 amide bonds. The first-order chi connectivity index (χ1) is 22.5. The van der Waals surface area contributed by atoms with Crippen molar-refractivity contribution < 1.29 is 38.8 Å². The van der Waals surface area contributed by atoms with Gasteiger partial charge in [-0.25, -0.2) is 9.59 Å². The van der Waals surface area contributed by atoms with Crippen molar-refractivity contribution in [2.45, 2.75) is 52.4 Å². The van der Waals surface area contributed by atoms with Gasteiger partial charge in [-0.05, 0) is 111 Å². The molecule has 0 bridgehead atoms. The number of anilines is 1. The second kappa shape index (κ2) is 18.5. The van der Waals surface area contributed by atoms with Gasteiger partial charge in [0.2, 0.25) is 0 Å². The van der Waals surface area contributed by atoms with Crippen LogP contribution >= 0.6 is 0 Å². The van der Waals surface area contributed by atoms with Crippen molar-refractivity contribution in [2.24, 2.45) is 5.92 Å². The summed E-state index contributed by atoms with van der Waals surface area (Å²) in [6.07, 6.45) is 6.32. The topological polar surface area (TPSA) is 126 Å². The van der Waals surface area contributed by atoms with Crippen molar-refractivity contribution in [3.05, 3.63) is 82.9 Å². The highest BCUT2D eigenvalue weighted by atomic mass is 16.5. The summed E-state index contributed by atoms with van der Waals surface area (Å²) in [5.41, 5.74) is 5.50. The van der Waals surface area contributed by atoms with Crippen LogP contribution < -0.4 is 19.1 Å². The van der Waals surface area contributed by atoms with Crippen molar-refractivity contribution in [3.63, 3.8) is 0 Å². The minimum atomic E-state index is -1.82. The lowest BCUT2D eigenvalue weighted by molar-refractivity contribution is -0.159. The van der Waals surface area contributed by atoms with Crippen LogP contribution in [-0.4, -0.2) is 80.5 Å². The lowest BCUT2D eigenvalue weighted by atomic mass is 9.90. The van der Waals surface area contributed by atoms with E-state index in [-0.39, 0.29) is 5.91 Å². The summed E-state index contributed by atoms with van der Waals surface area (Å²) in [6.45, 7) is 7.26. The van der Waals surface area contributed by atoms with Crippen LogP contribution in [0.4, 0.5) is 5.69 Å². The van der Waals surface area contributed by atoms with Crippen LogP contribution in [0.3, 0.4) is 0 Å². The van der Waals surface area contributed by atoms with Gasteiger partial charge in [0.15, 0.2) is 11.5 Å². The molecule has 3 aromatic rings. The fourth-order valence-corrected chi connectivity index (χ4v) is 5.38. The minimum Gasteiger partial charge on any atom is -0.493 e. The molecule has 3 aromatic carbocycles. The van der Waals surface area contributed by atoms with Crippen molar-refractivity contribution in [1.29, 1.82) is 0 Å². The van der Waals surface area contributed by atoms with Gasteiger partial charge in [-0.3, -0.25) is 4.79 Å². The molecule has 10 heteroatoms. The van der Waals surface area contributed by atoms with E-state index in [2.05, 4.69) is 44.0 Å². The third-order valence-corrected chi connectivity index (χ3v) is 7.90. The lowest BCUT2D eigenvalue weighted by Crippen LogP contribution is -2.34. The van der Waals surface area contributed by atoms with Crippen LogP contribution in [-0.2, 0) is 28.9 Å². The average Bonchev–Trinajstić information content (AvgIpc) is 3.08. The second-order valence-corrected chi connectivity index (χ2v) is 12.0. The molecule has 0 saturated heterocycles. The molecule has 47 heavy (non-hydrogen) atoms. The number of nitrogens with zero attached hydrogens (tertiary/aromatic N) is 2. The number of hydrogen-bond donors (Lipinski definition) is 2. The van der Waals surface area contributed by atoms with Crippen LogP contribution in [0.2, 0.25) is 0 Å². The number of aryl methyl sites for hydroxylation is 2. The van der Waals surface area contributed by atoms with E-state index in [1.165, 1.54) is 29.5 Å². The molecule has 0 fully saturated rings. The van der Waals surface area contributed by atoms with Crippen molar-refractivity contribution >= 4 is 23.5 Å². The van der Waals surface area contributed by atoms with E-state index < -0.39 is 11.9 Å². The van der Waals surface area contributed by atoms with Crippen LogP contribution in [0.15, 0.2) is 60.7 Å². The molecule has 0 aliphatic heterocycles. The normalized spacial score (nSPS) is 12.1. The summed E-state index contributed by atoms with van der Waals surface area (Å²) in [4.78, 5) is 36.5. The Balaban J connectivity index is 0.000000913. The number of hydrogen-bond acceptors (Lipinski definition) is 7. The Kier molecular flexibility index (Phi) is 14.6. The van der Waals surface area contributed by atoms with E-state index in [1.54, 1.807) is 14.2 Å². The SMILES string of the molecule is COc1ccc(CCN(C)CCCN(C(=O)c2ccc3c(c2)CCCC3)c2ccccc2OCC(C)C)cc1OC.O=C(O)C(=O)O. The zero-order chi connectivity index (χ0) is 34.3. The zero-order valence-corrected chi connectivity index (χ0v) is 28.2. The van der Waals surface area contributed by atoms with E-state index in [4.69, 9.17) is 34.0 Å². The monoisotopic (exact) mass is 648 g/mol. The predicted octanol–water partition coefficient (Wildman–Crippen LogP) is 5.98. The highest BCUT2D eigenvalue weighted by Gasteiger charge is 2.23. The van der Waals surface area contributed by atoms with Crippen LogP contribution in [0, 0.1) is 5.92 Å². The number of carbonyl (C=O) groups is 3. The Bertz CT molecular complexity index is 1480. The quantitative estimate of drug-likeness (QED) is 0.203. The molecule has 4 rings (SSSR count). The molecular weight excluding hydrogens is 600 g/mol. The van der Waals surface area contributed by atoms with Gasteiger partial charge in [0.1, 0.15) is 5.75 Å². The second-order valence-electron chi connectivity index (χ2n) is 12.0. The van der Waals surface area contributed by atoms with Gasteiger partial charge in [-0.2, -0.15) is 0 Å². The molecule has 0 spiro atoms. The summed E-state index contributed by atoms with van der Waals surface area (Å²) in [5.74, 6) is -0.966. The highest BCUT2D eigenvalue weighted by Crippen LogP contribution is 2.31. The Labute approximate surface area is 277 Å². The van der Waals surface area contributed by atoms with Crippen LogP contribution in [0.25, 0.3) is 0 Å². The fourth-order valence-electron chi connectivity index (χ4n) is 5.38. The molecular formula is C37H48N2O8. The van der Waals surface area contributed by atoms with E-state index in [9.17, 15) is 4.79 Å². The maximum absolute atomic E-state index is 14.1. The largest absolute Gasteiger partial charge is 0.493 e. The van der Waals surface area contributed by atoms with Crippen molar-refractivity contribution in [2.75, 3.05) is 52.4 Å². The van der Waals surface area contributed by atoms with E-state index >= 15 is 0 Å². The number of rotatable bonds is 14. The lowest BCUT2D eigenvalue weighted by Gasteiger charge is -2.27. The van der Waals surface area contributed by atoms with Gasteiger partial charge in [0, 0.05) is 18.7 Å². The van der Waals surface area contributed by atoms with Gasteiger partial charge in [-0.15, -0.1) is 0 Å². The van der Waals surface area contributed by atoms with E-state index in [0.29, 0.717) is 19.1 Å². The maximum atomic E-state index is 14.1. The minimum absolute atomic E-state index is 0.0342. The van der Waals surface area contributed by atoms with Gasteiger partial charge >= 0.3 is 11.9 Å². The van der Waals surface area contributed by atoms with Crippen molar-refractivity contribution in [3.8, 4) is 17.2 Å². The summed E-state index contributed by atoms with van der Waals surface area (Å²) in [7, 11) is 5.45. The van der Waals surface area contributed by atoms with Gasteiger partial charge in [0.25, 0.3) is 5.91 Å². The summed E-state index contributed by atoms with van der Waals surface area (Å²) >= 11 is 0. The average molecular weight is 649 g/mol. The molecule has 0 unspecified atom stereocenters. The van der Waals surface area contributed by atoms with Gasteiger partial charge in [-0.1, -0.05) is 38.1 Å². The number of carbonyl (C=O) groups excluding carboxylic acids is 1. The smallest absolute Gasteiger partial charge is 0.414 e. The number of benzene rings is 3. The van der Waals surface area contributed by atoms with E-state index in [0.717, 1.165) is 67.3 Å². The Hall–Kier alpha value is -4.57. The summed E-state index contributed by atoms with van der Waals surface area (Å²) < 4.78 is 17.0. The third kappa shape index (κ3) is 11.3. The number of likely N-dealkylation sites (N-methyl/N-ethyl adjacent to an activating group) is 1. The number of fused-ring (bicyclic) bond motifs is 1. The predicted molar refractivity (Wildman–Crippen MR) is 182 cm³/mol. The molecule has 2 N–H and O–H groups in total. The number of carboxylic acids is 2. The molecule has 1 aliphatic carbocycles. The molecule has 0 radical (unpaired) electrons. The summed E-state index contributed by atoms with van der Waals surface area (Å²) in [5, 5.41) is 14.8. The number of carboxylic acid groups (broad SMARTS) is 2. The summed E-state index contributed by atoms with van der Waals surface area (Å²) in [6, 6.07) is 20.3. The zero-order valence-electron chi connectivity index (χ0n) is 28.2. The Morgan fingerprint density at radius 3 is 2.13 bits per heavy atom. The number of para-hydroxylation sites is 2. The molecule has 0 heterocycles. The van der Waals surface area contributed by atoms with Gasteiger partial charge < -0.3 is 34.2 Å². The standard InChI is InChI=1S/C35H46N2O4.C2H2O4/c1-26(2)25-41-32-14-9-8-13-31(32)37(35(38)30-17-16-28-11-6-7-12-29(28)24-30)21-10-20-36(3)22-19-27-15-18-33(39-4)34(23-27)40-5;3-1(4)2(5)6/h8-9,13-18,23-24,26H,6-7,10-12,19-22,25H2,1-5H3;(H,3,4)(H,5,6). The molecule has 0 atom stereocenters. The van der Waals surface area contributed by atoms with Crippen LogP contribution in [0.1, 0.15) is 60.2 Å². The fraction of sp³-hybridized carbons (Fsp3) is 0.432. The number of amides is 1. The molecule has 1 aliphatic rings. The van der Waals surface area contributed by atoms with Crippen LogP contribution in [0.5, 0.6) is 17.2 Å². The van der Waals surface area contributed by atoms with E-state index in [1.807, 2.05) is 47.4 Å². The first-order valence-electron chi connectivity index (χ1n) is 16.0. The molecule has 254 valence electrons. The molecule has 0 aromatic heterocycles. The molecule has 0 saturated carbocycles. The third-order valence-electron chi connectivity index (χ3n) is 7.90. The molecule has 10 nitrogen and oxygen atoms in total. The number of aliphatic carboxylic acids is 2. The first kappa shape index (κ1) is 36.9. The number of ether oxygens (including phenoxy) is 3. The highest BCUT2D eigenvalue weighted by molar-refractivity contribution is 6.27. The maximum Gasteiger partial charge on any atom is 0.414 e. The first-order valence-corrected chi connectivity index (χ1v) is 16.0. The van der Waals surface area contributed by atoms with Crippen molar-refractivity contribution in [1.82, 2.24) is 4.90 Å². The van der Waals surface area contributed by atoms with Gasteiger partial charge in [0.05, 0.1) is 26.5 Å². The number of methoxy groups -OCH3 is 2.